The van der Waals surface area contributed by atoms with E-state index in [4.69, 9.17) is 9.47 Å². The molecule has 0 fully saturated rings. The third-order valence-electron chi connectivity index (χ3n) is 3.93. The van der Waals surface area contributed by atoms with E-state index in [0.717, 1.165) is 0 Å². The predicted molar refractivity (Wildman–Crippen MR) is 105 cm³/mol. The van der Waals surface area contributed by atoms with Gasteiger partial charge in [0, 0.05) is 24.3 Å². The Labute approximate surface area is 164 Å². The average Bonchev–Trinajstić information content (AvgIpc) is 2.73. The summed E-state index contributed by atoms with van der Waals surface area (Å²) in [7, 11) is 0. The number of anilines is 1. The average molecular weight is 384 g/mol. The van der Waals surface area contributed by atoms with E-state index < -0.39 is 18.5 Å². The van der Waals surface area contributed by atoms with Crippen LogP contribution in [0.4, 0.5) is 5.69 Å². The van der Waals surface area contributed by atoms with Crippen LogP contribution < -0.4 is 10.1 Å². The summed E-state index contributed by atoms with van der Waals surface area (Å²) in [6.45, 7) is 4.40. The molecule has 1 N–H and O–H groups in total. The van der Waals surface area contributed by atoms with Crippen molar-refractivity contribution in [2.75, 3.05) is 31.6 Å². The second-order valence-corrected chi connectivity index (χ2v) is 5.87. The molecule has 2 amide bonds. The van der Waals surface area contributed by atoms with E-state index in [9.17, 15) is 14.4 Å². The van der Waals surface area contributed by atoms with Gasteiger partial charge in [-0.2, -0.15) is 0 Å². The lowest BCUT2D eigenvalue weighted by Gasteiger charge is -2.18. The Balaban J connectivity index is 1.76. The van der Waals surface area contributed by atoms with Gasteiger partial charge >= 0.3 is 5.97 Å². The molecule has 148 valence electrons. The summed E-state index contributed by atoms with van der Waals surface area (Å²) >= 11 is 0. The molecular weight excluding hydrogens is 360 g/mol. The third kappa shape index (κ3) is 6.42. The number of ether oxygens (including phenoxy) is 2. The van der Waals surface area contributed by atoms with E-state index in [1.807, 2.05) is 19.9 Å². The van der Waals surface area contributed by atoms with Gasteiger partial charge in [0.25, 0.3) is 11.8 Å². The highest BCUT2D eigenvalue weighted by atomic mass is 16.6. The number of hydrogen-bond donors (Lipinski definition) is 1. The highest BCUT2D eigenvalue weighted by Crippen LogP contribution is 2.12. The van der Waals surface area contributed by atoms with Gasteiger partial charge in [-0.1, -0.05) is 18.2 Å². The molecule has 2 rings (SSSR count). The van der Waals surface area contributed by atoms with Crippen LogP contribution in [0, 0.1) is 0 Å². The van der Waals surface area contributed by atoms with Crippen molar-refractivity contribution in [2.24, 2.45) is 0 Å². The molecule has 7 nitrogen and oxygen atoms in total. The van der Waals surface area contributed by atoms with Crippen molar-refractivity contribution < 1.29 is 23.9 Å². The summed E-state index contributed by atoms with van der Waals surface area (Å²) < 4.78 is 10.1. The fraction of sp³-hybridized carbons (Fsp3) is 0.286. The minimum absolute atomic E-state index is 0.0600. The molecule has 2 aromatic rings. The molecule has 0 aliphatic carbocycles. The molecule has 0 aliphatic rings. The third-order valence-corrected chi connectivity index (χ3v) is 3.93. The van der Waals surface area contributed by atoms with Crippen LogP contribution in [0.15, 0.2) is 54.6 Å². The number of benzene rings is 2. The molecule has 0 unspecified atom stereocenters. The normalized spacial score (nSPS) is 10.1. The zero-order valence-corrected chi connectivity index (χ0v) is 16.0. The maximum atomic E-state index is 12.3. The first kappa shape index (κ1) is 21.0. The number of amides is 2. The molecule has 0 radical (unpaired) electrons. The largest absolute Gasteiger partial charge is 0.482 e. The van der Waals surface area contributed by atoms with E-state index >= 15 is 0 Å². The van der Waals surface area contributed by atoms with Gasteiger partial charge in [-0.3, -0.25) is 9.59 Å². The molecule has 0 saturated heterocycles. The van der Waals surface area contributed by atoms with Crippen molar-refractivity contribution in [3.63, 3.8) is 0 Å². The molecule has 0 atom stereocenters. The van der Waals surface area contributed by atoms with Crippen LogP contribution >= 0.6 is 0 Å². The number of para-hydroxylation sites is 1. The molecule has 0 spiro atoms. The Morgan fingerprint density at radius 3 is 2.14 bits per heavy atom. The summed E-state index contributed by atoms with van der Waals surface area (Å²) in [6.07, 6.45) is 0. The first-order chi connectivity index (χ1) is 13.5. The lowest BCUT2D eigenvalue weighted by Crippen LogP contribution is -2.30. The summed E-state index contributed by atoms with van der Waals surface area (Å²) in [6, 6.07) is 15.4. The van der Waals surface area contributed by atoms with Crippen LogP contribution in [0.2, 0.25) is 0 Å². The molecule has 0 heterocycles. The Morgan fingerprint density at radius 2 is 1.54 bits per heavy atom. The Bertz CT molecular complexity index is 786. The summed E-state index contributed by atoms with van der Waals surface area (Å²) in [5.74, 6) is -0.631. The number of nitrogens with one attached hydrogen (secondary N) is 1. The monoisotopic (exact) mass is 384 g/mol. The molecule has 28 heavy (non-hydrogen) atoms. The lowest BCUT2D eigenvalue weighted by atomic mass is 10.2. The predicted octanol–water partition coefficient (Wildman–Crippen LogP) is 2.73. The van der Waals surface area contributed by atoms with Crippen molar-refractivity contribution in [1.82, 2.24) is 4.90 Å². The highest BCUT2D eigenvalue weighted by Gasteiger charge is 2.13. The fourth-order valence-corrected chi connectivity index (χ4v) is 2.43. The van der Waals surface area contributed by atoms with Crippen LogP contribution in [0.3, 0.4) is 0 Å². The molecule has 0 aromatic heterocycles. The van der Waals surface area contributed by atoms with Gasteiger partial charge < -0.3 is 19.7 Å². The van der Waals surface area contributed by atoms with E-state index in [-0.39, 0.29) is 12.5 Å². The number of carbonyl (C=O) groups excluding carboxylic acids is 3. The van der Waals surface area contributed by atoms with Crippen molar-refractivity contribution in [2.45, 2.75) is 13.8 Å². The number of esters is 1. The molecule has 0 aliphatic heterocycles. The quantitative estimate of drug-likeness (QED) is 0.672. The number of nitrogens with zero attached hydrogens (tertiary/aromatic N) is 1. The van der Waals surface area contributed by atoms with E-state index in [0.29, 0.717) is 30.1 Å². The zero-order chi connectivity index (χ0) is 20.4. The molecule has 0 bridgehead atoms. The van der Waals surface area contributed by atoms with Gasteiger partial charge in [-0.15, -0.1) is 0 Å². The molecule has 0 saturated carbocycles. The maximum Gasteiger partial charge on any atom is 0.344 e. The molecular formula is C21H24N2O5. The van der Waals surface area contributed by atoms with Crippen LogP contribution in [0.1, 0.15) is 24.2 Å². The summed E-state index contributed by atoms with van der Waals surface area (Å²) in [4.78, 5) is 37.5. The van der Waals surface area contributed by atoms with Crippen molar-refractivity contribution in [3.05, 3.63) is 60.2 Å². The number of carbonyl (C=O) groups is 3. The van der Waals surface area contributed by atoms with Crippen LogP contribution in [0.25, 0.3) is 0 Å². The van der Waals surface area contributed by atoms with Gasteiger partial charge in [0.2, 0.25) is 0 Å². The van der Waals surface area contributed by atoms with Crippen LogP contribution in [-0.2, 0) is 14.3 Å². The van der Waals surface area contributed by atoms with Gasteiger partial charge in [0.15, 0.2) is 13.2 Å². The standard InChI is InChI=1S/C21H24N2O5/c1-3-23(4-2)21(26)16-10-12-17(13-11-16)22-19(24)14-28-20(25)15-27-18-8-6-5-7-9-18/h5-13H,3-4,14-15H2,1-2H3,(H,22,24). The van der Waals surface area contributed by atoms with E-state index in [1.54, 1.807) is 53.4 Å². The van der Waals surface area contributed by atoms with Gasteiger partial charge in [-0.05, 0) is 50.2 Å². The Morgan fingerprint density at radius 1 is 0.893 bits per heavy atom. The smallest absolute Gasteiger partial charge is 0.344 e. The fourth-order valence-electron chi connectivity index (χ4n) is 2.43. The van der Waals surface area contributed by atoms with Crippen molar-refractivity contribution in [1.29, 1.82) is 0 Å². The number of hydrogen-bond acceptors (Lipinski definition) is 5. The maximum absolute atomic E-state index is 12.3. The summed E-state index contributed by atoms with van der Waals surface area (Å²) in [5.41, 5.74) is 1.06. The molecule has 7 heteroatoms. The number of rotatable bonds is 9. The second-order valence-electron chi connectivity index (χ2n) is 5.87. The van der Waals surface area contributed by atoms with Crippen molar-refractivity contribution >= 4 is 23.5 Å². The second kappa shape index (κ2) is 10.7. The topological polar surface area (TPSA) is 84.9 Å². The van der Waals surface area contributed by atoms with E-state index in [2.05, 4.69) is 5.32 Å². The first-order valence-corrected chi connectivity index (χ1v) is 9.06. The Kier molecular flexibility index (Phi) is 8.02. The SMILES string of the molecule is CCN(CC)C(=O)c1ccc(NC(=O)COC(=O)COc2ccccc2)cc1. The first-order valence-electron chi connectivity index (χ1n) is 9.06. The van der Waals surface area contributed by atoms with Crippen LogP contribution in [0.5, 0.6) is 5.75 Å². The zero-order valence-electron chi connectivity index (χ0n) is 16.0. The van der Waals surface area contributed by atoms with Gasteiger partial charge in [0.1, 0.15) is 5.75 Å². The Hall–Kier alpha value is -3.35. The molecule has 2 aromatic carbocycles. The summed E-state index contributed by atoms with van der Waals surface area (Å²) in [5, 5.41) is 2.61. The van der Waals surface area contributed by atoms with Gasteiger partial charge in [-0.25, -0.2) is 4.79 Å². The van der Waals surface area contributed by atoms with Crippen molar-refractivity contribution in [3.8, 4) is 5.75 Å². The van der Waals surface area contributed by atoms with Crippen LogP contribution in [-0.4, -0.2) is 49.0 Å². The highest BCUT2D eigenvalue weighted by molar-refractivity contribution is 5.96. The van der Waals surface area contributed by atoms with E-state index in [1.165, 1.54) is 0 Å². The van der Waals surface area contributed by atoms with Gasteiger partial charge in [0.05, 0.1) is 0 Å². The lowest BCUT2D eigenvalue weighted by molar-refractivity contribution is -0.149. The minimum Gasteiger partial charge on any atom is -0.482 e. The minimum atomic E-state index is -0.640.